The van der Waals surface area contributed by atoms with E-state index >= 15 is 0 Å². The Morgan fingerprint density at radius 3 is 2.87 bits per heavy atom. The van der Waals surface area contributed by atoms with Gasteiger partial charge in [-0.15, -0.1) is 0 Å². The van der Waals surface area contributed by atoms with Crippen LogP contribution in [0.2, 0.25) is 0 Å². The molecule has 1 N–H and O–H groups in total. The first-order valence-electron chi connectivity index (χ1n) is 4.58. The van der Waals surface area contributed by atoms with Crippen LogP contribution < -0.4 is 0 Å². The number of aromatic nitrogens is 1. The van der Waals surface area contributed by atoms with Gasteiger partial charge in [-0.05, 0) is 30.3 Å². The fourth-order valence-electron chi connectivity index (χ4n) is 1.21. The monoisotopic (exact) mass is 221 g/mol. The molecule has 78 valence electrons. The smallest absolute Gasteiger partial charge is 0.260 e. The van der Waals surface area contributed by atoms with Gasteiger partial charge in [0, 0.05) is 4.90 Å². The van der Waals surface area contributed by atoms with Crippen molar-refractivity contribution in [3.8, 4) is 0 Å². The molecule has 4 heteroatoms. The van der Waals surface area contributed by atoms with Crippen LogP contribution in [0.1, 0.15) is 11.3 Å². The van der Waals surface area contributed by atoms with Crippen molar-refractivity contribution >= 4 is 11.8 Å². The van der Waals surface area contributed by atoms with Crippen LogP contribution in [-0.4, -0.2) is 10.1 Å². The molecule has 0 aliphatic heterocycles. The molecule has 1 heterocycles. The van der Waals surface area contributed by atoms with Crippen molar-refractivity contribution in [2.45, 2.75) is 23.6 Å². The molecule has 0 radical (unpaired) electrons. The van der Waals surface area contributed by atoms with Crippen LogP contribution in [0.5, 0.6) is 0 Å². The second kappa shape index (κ2) is 4.51. The first-order valence-corrected chi connectivity index (χ1v) is 5.40. The Bertz CT molecular complexity index is 453. The van der Waals surface area contributed by atoms with E-state index in [1.54, 1.807) is 6.26 Å². The predicted octanol–water partition coefficient (Wildman–Crippen LogP) is 2.63. The first kappa shape index (κ1) is 10.3. The lowest BCUT2D eigenvalue weighted by Crippen LogP contribution is -1.86. The average Bonchev–Trinajstić information content (AvgIpc) is 2.65. The number of aliphatic hydroxyl groups excluding tert-OH is 1. The van der Waals surface area contributed by atoms with Gasteiger partial charge in [-0.25, -0.2) is 4.98 Å². The minimum absolute atomic E-state index is 0.0306. The highest BCUT2D eigenvalue weighted by Gasteiger charge is 2.06. The van der Waals surface area contributed by atoms with Gasteiger partial charge in [0.2, 0.25) is 0 Å². The summed E-state index contributed by atoms with van der Waals surface area (Å²) in [5.74, 6) is 0. The van der Waals surface area contributed by atoms with Gasteiger partial charge in [-0.2, -0.15) is 0 Å². The van der Waals surface area contributed by atoms with Crippen molar-refractivity contribution in [1.29, 1.82) is 0 Å². The first-order chi connectivity index (χ1) is 7.29. The van der Waals surface area contributed by atoms with Crippen LogP contribution >= 0.6 is 11.8 Å². The third kappa shape index (κ3) is 2.40. The minimum Gasteiger partial charge on any atom is -0.439 e. The lowest BCUT2D eigenvalue weighted by Gasteiger charge is -2.02. The summed E-state index contributed by atoms with van der Waals surface area (Å²) < 4.78 is 5.24. The van der Waals surface area contributed by atoms with E-state index < -0.39 is 0 Å². The van der Waals surface area contributed by atoms with Gasteiger partial charge >= 0.3 is 0 Å². The van der Waals surface area contributed by atoms with E-state index in [0.717, 1.165) is 16.2 Å². The average molecular weight is 221 g/mol. The van der Waals surface area contributed by atoms with Gasteiger partial charge in [-0.3, -0.25) is 0 Å². The van der Waals surface area contributed by atoms with Gasteiger partial charge in [-0.1, -0.05) is 18.2 Å². The molecule has 0 amide bonds. The molecule has 0 fully saturated rings. The number of benzene rings is 1. The third-order valence-electron chi connectivity index (χ3n) is 1.94. The van der Waals surface area contributed by atoms with Crippen molar-refractivity contribution in [2.75, 3.05) is 0 Å². The number of oxazole rings is 1. The summed E-state index contributed by atoms with van der Waals surface area (Å²) >= 11 is 1.42. The summed E-state index contributed by atoms with van der Waals surface area (Å²) in [7, 11) is 0. The molecule has 0 saturated carbocycles. The van der Waals surface area contributed by atoms with Crippen LogP contribution in [0.15, 0.2) is 45.1 Å². The van der Waals surface area contributed by atoms with E-state index in [2.05, 4.69) is 4.98 Å². The Morgan fingerprint density at radius 2 is 2.20 bits per heavy atom. The van der Waals surface area contributed by atoms with E-state index in [1.165, 1.54) is 11.8 Å². The highest BCUT2D eigenvalue weighted by Crippen LogP contribution is 2.29. The molecule has 3 nitrogen and oxygen atoms in total. The highest BCUT2D eigenvalue weighted by atomic mass is 32.2. The Balaban J connectivity index is 2.23. The Hall–Kier alpha value is -1.26. The zero-order valence-corrected chi connectivity index (χ0v) is 9.12. The number of nitrogens with zero attached hydrogens (tertiary/aromatic N) is 1. The van der Waals surface area contributed by atoms with Crippen molar-refractivity contribution in [3.05, 3.63) is 41.8 Å². The molecule has 0 aliphatic carbocycles. The summed E-state index contributed by atoms with van der Waals surface area (Å²) in [6.07, 6.45) is 1.61. The minimum atomic E-state index is 0.0306. The molecule has 0 spiro atoms. The van der Waals surface area contributed by atoms with Crippen LogP contribution in [0.4, 0.5) is 0 Å². The van der Waals surface area contributed by atoms with Crippen LogP contribution in [0.3, 0.4) is 0 Å². The fourth-order valence-corrected chi connectivity index (χ4v) is 2.09. The molecular formula is C11H11NO2S. The Morgan fingerprint density at radius 1 is 1.40 bits per heavy atom. The second-order valence-electron chi connectivity index (χ2n) is 3.12. The summed E-state index contributed by atoms with van der Waals surface area (Å²) in [6.45, 7) is 1.91. The molecule has 15 heavy (non-hydrogen) atoms. The van der Waals surface area contributed by atoms with E-state index in [-0.39, 0.29) is 6.61 Å². The fraction of sp³-hybridized carbons (Fsp3) is 0.182. The standard InChI is InChI=1S/C11H11NO2S/c1-8-7-14-11(12-8)15-10-5-3-2-4-9(10)6-13/h2-5,7,13H,6H2,1H3. The Kier molecular flexibility index (Phi) is 3.08. The van der Waals surface area contributed by atoms with Gasteiger partial charge < -0.3 is 9.52 Å². The molecule has 1 aromatic carbocycles. The van der Waals surface area contributed by atoms with Gasteiger partial charge in [0.15, 0.2) is 0 Å². The SMILES string of the molecule is Cc1coc(Sc2ccccc2CO)n1. The maximum Gasteiger partial charge on any atom is 0.260 e. The van der Waals surface area contributed by atoms with E-state index in [4.69, 9.17) is 9.52 Å². The van der Waals surface area contributed by atoms with E-state index in [9.17, 15) is 0 Å². The third-order valence-corrected chi connectivity index (χ3v) is 2.92. The van der Waals surface area contributed by atoms with Gasteiger partial charge in [0.25, 0.3) is 5.22 Å². The molecule has 2 aromatic rings. The lowest BCUT2D eigenvalue weighted by atomic mass is 10.2. The summed E-state index contributed by atoms with van der Waals surface area (Å²) in [6, 6.07) is 7.65. The second-order valence-corrected chi connectivity index (χ2v) is 4.12. The molecule has 0 unspecified atom stereocenters. The zero-order valence-electron chi connectivity index (χ0n) is 8.30. The molecular weight excluding hydrogens is 210 g/mol. The topological polar surface area (TPSA) is 46.3 Å². The number of hydrogen-bond donors (Lipinski definition) is 1. The summed E-state index contributed by atoms with van der Waals surface area (Å²) in [5, 5.41) is 9.74. The number of rotatable bonds is 3. The van der Waals surface area contributed by atoms with Crippen LogP contribution in [0.25, 0.3) is 0 Å². The molecule has 1 aromatic heterocycles. The van der Waals surface area contributed by atoms with Gasteiger partial charge in [0.1, 0.15) is 6.26 Å². The van der Waals surface area contributed by atoms with E-state index in [1.807, 2.05) is 31.2 Å². The molecule has 2 rings (SSSR count). The number of aliphatic hydroxyl groups is 1. The van der Waals surface area contributed by atoms with Crippen LogP contribution in [0, 0.1) is 6.92 Å². The number of aryl methyl sites for hydroxylation is 1. The summed E-state index contributed by atoms with van der Waals surface area (Å²) in [5.41, 5.74) is 1.75. The van der Waals surface area contributed by atoms with Crippen molar-refractivity contribution < 1.29 is 9.52 Å². The molecule has 0 bridgehead atoms. The van der Waals surface area contributed by atoms with Crippen molar-refractivity contribution in [2.24, 2.45) is 0 Å². The quantitative estimate of drug-likeness (QED) is 0.865. The summed E-state index contributed by atoms with van der Waals surface area (Å²) in [4.78, 5) is 5.17. The van der Waals surface area contributed by atoms with Crippen molar-refractivity contribution in [1.82, 2.24) is 4.98 Å². The largest absolute Gasteiger partial charge is 0.439 e. The Labute approximate surface area is 92.1 Å². The predicted molar refractivity (Wildman–Crippen MR) is 57.7 cm³/mol. The normalized spacial score (nSPS) is 10.5. The lowest BCUT2D eigenvalue weighted by molar-refractivity contribution is 0.279. The molecule has 0 saturated heterocycles. The van der Waals surface area contributed by atoms with Gasteiger partial charge in [0.05, 0.1) is 12.3 Å². The maximum absolute atomic E-state index is 9.14. The highest BCUT2D eigenvalue weighted by molar-refractivity contribution is 7.99. The van der Waals surface area contributed by atoms with Crippen LogP contribution in [-0.2, 0) is 6.61 Å². The zero-order chi connectivity index (χ0) is 10.7. The maximum atomic E-state index is 9.14. The number of hydrogen-bond acceptors (Lipinski definition) is 4. The van der Waals surface area contributed by atoms with Crippen molar-refractivity contribution in [3.63, 3.8) is 0 Å². The molecule has 0 atom stereocenters. The molecule has 0 aliphatic rings. The van der Waals surface area contributed by atoms with E-state index in [0.29, 0.717) is 5.22 Å².